The molecule has 0 bridgehead atoms. The average Bonchev–Trinajstić information content (AvgIpc) is 2.91. The molecule has 4 aromatic carbocycles. The number of azo groups is 3. The van der Waals surface area contributed by atoms with Gasteiger partial charge in [-0.15, -0.1) is 10.2 Å². The molecule has 0 aromatic heterocycles. The Morgan fingerprint density at radius 3 is 1.05 bits per heavy atom. The monoisotopic (exact) mass is 544 g/mol. The van der Waals surface area contributed by atoms with Crippen LogP contribution in [0.25, 0.3) is 0 Å². The average molecular weight is 545 g/mol. The maximum absolute atomic E-state index is 6.39. The van der Waals surface area contributed by atoms with E-state index in [9.17, 15) is 0 Å². The van der Waals surface area contributed by atoms with Gasteiger partial charge in [-0.3, -0.25) is 0 Å². The lowest BCUT2D eigenvalue weighted by Crippen LogP contribution is -2.07. The van der Waals surface area contributed by atoms with E-state index >= 15 is 0 Å². The summed E-state index contributed by atoms with van der Waals surface area (Å²) in [4.78, 5) is 4.04. The van der Waals surface area contributed by atoms with Gasteiger partial charge in [-0.25, -0.2) is 0 Å². The van der Waals surface area contributed by atoms with Crippen LogP contribution in [0, 0.1) is 0 Å². The minimum Gasteiger partial charge on any atom is -0.378 e. The van der Waals surface area contributed by atoms with Crippen molar-refractivity contribution in [2.45, 2.75) is 0 Å². The topological polar surface area (TPSA) is 80.6 Å². The van der Waals surface area contributed by atoms with Crippen LogP contribution in [0.15, 0.2) is 116 Å². The molecular formula is C28H26Cl2N8. The van der Waals surface area contributed by atoms with Gasteiger partial charge in [0.1, 0.15) is 11.4 Å². The van der Waals surface area contributed by atoms with Gasteiger partial charge in [-0.05, 0) is 84.9 Å². The Morgan fingerprint density at radius 1 is 0.421 bits per heavy atom. The molecule has 0 fully saturated rings. The largest absolute Gasteiger partial charge is 0.378 e. The van der Waals surface area contributed by atoms with Gasteiger partial charge in [0.25, 0.3) is 0 Å². The summed E-state index contributed by atoms with van der Waals surface area (Å²) in [5.74, 6) is 0. The van der Waals surface area contributed by atoms with E-state index < -0.39 is 0 Å². The number of halogens is 2. The predicted octanol–water partition coefficient (Wildman–Crippen LogP) is 10.4. The summed E-state index contributed by atoms with van der Waals surface area (Å²) >= 11 is 12.8. The Balaban J connectivity index is 1.40. The van der Waals surface area contributed by atoms with E-state index in [0.717, 1.165) is 22.7 Å². The first-order chi connectivity index (χ1) is 18.3. The van der Waals surface area contributed by atoms with Gasteiger partial charge in [0.05, 0.1) is 32.8 Å². The third-order valence-corrected chi connectivity index (χ3v) is 6.03. The number of nitrogens with zero attached hydrogens (tertiary/aromatic N) is 8. The quantitative estimate of drug-likeness (QED) is 0.206. The molecule has 0 aliphatic carbocycles. The van der Waals surface area contributed by atoms with E-state index in [1.807, 2.05) is 86.5 Å². The molecule has 8 nitrogen and oxygen atoms in total. The fourth-order valence-electron chi connectivity index (χ4n) is 3.25. The summed E-state index contributed by atoms with van der Waals surface area (Å²) in [6.07, 6.45) is 0. The first kappa shape index (κ1) is 26.9. The Hall–Kier alpha value is -4.14. The molecule has 10 heteroatoms. The summed E-state index contributed by atoms with van der Waals surface area (Å²) < 4.78 is 0. The SMILES string of the molecule is CN(C)c1ccc(N=Nc2ccc(N=Nc3ccc(N=Nc4ccc(N(C)C)cc4)c(Cl)c3)cc2Cl)cc1. The van der Waals surface area contributed by atoms with Crippen LogP contribution in [-0.4, -0.2) is 28.2 Å². The maximum Gasteiger partial charge on any atom is 0.104 e. The van der Waals surface area contributed by atoms with Crippen molar-refractivity contribution in [1.29, 1.82) is 0 Å². The summed E-state index contributed by atoms with van der Waals surface area (Å²) in [5.41, 5.74) is 5.87. The summed E-state index contributed by atoms with van der Waals surface area (Å²) in [6.45, 7) is 0. The highest BCUT2D eigenvalue weighted by Gasteiger charge is 2.04. The van der Waals surface area contributed by atoms with Crippen LogP contribution in [0.4, 0.5) is 45.5 Å². The lowest BCUT2D eigenvalue weighted by atomic mass is 10.3. The molecule has 0 spiro atoms. The minimum absolute atomic E-state index is 0.419. The molecule has 0 radical (unpaired) electrons. The van der Waals surface area contributed by atoms with Crippen molar-refractivity contribution in [2.24, 2.45) is 30.7 Å². The molecule has 0 atom stereocenters. The highest BCUT2D eigenvalue weighted by molar-refractivity contribution is 6.33. The summed E-state index contributed by atoms with van der Waals surface area (Å²) in [7, 11) is 7.94. The molecule has 0 aliphatic heterocycles. The molecule has 0 unspecified atom stereocenters. The number of hydrogen-bond donors (Lipinski definition) is 0. The number of anilines is 2. The van der Waals surface area contributed by atoms with Crippen LogP contribution in [-0.2, 0) is 0 Å². The van der Waals surface area contributed by atoms with Crippen molar-refractivity contribution >= 4 is 68.7 Å². The molecule has 0 heterocycles. The molecule has 192 valence electrons. The summed E-state index contributed by atoms with van der Waals surface area (Å²) in [5, 5.41) is 26.4. The molecule has 4 rings (SSSR count). The molecule has 0 saturated heterocycles. The second-order valence-corrected chi connectivity index (χ2v) is 9.51. The first-order valence-electron chi connectivity index (χ1n) is 11.7. The van der Waals surface area contributed by atoms with Crippen LogP contribution in [0.1, 0.15) is 0 Å². The molecule has 4 aromatic rings. The first-order valence-corrected chi connectivity index (χ1v) is 12.4. The van der Waals surface area contributed by atoms with E-state index in [0.29, 0.717) is 32.8 Å². The van der Waals surface area contributed by atoms with Crippen molar-refractivity contribution in [3.8, 4) is 0 Å². The van der Waals surface area contributed by atoms with Gasteiger partial charge in [0.15, 0.2) is 0 Å². The standard InChI is InChI=1S/C28H26Cl2N8/c1-37(2)23-11-5-19(6-12-23)31-35-27-15-9-21(17-25(27)29)33-34-22-10-16-28(26(30)18-22)36-32-20-7-13-24(14-8-20)38(3)4/h5-18H,1-4H3. The Bertz CT molecular complexity index is 1370. The third-order valence-electron chi connectivity index (χ3n) is 5.42. The van der Waals surface area contributed by atoms with E-state index in [-0.39, 0.29) is 0 Å². The lowest BCUT2D eigenvalue weighted by molar-refractivity contribution is 1.13. The normalized spacial score (nSPS) is 11.6. The van der Waals surface area contributed by atoms with Crippen molar-refractivity contribution in [3.63, 3.8) is 0 Å². The fraction of sp³-hybridized carbons (Fsp3) is 0.143. The number of hydrogen-bond acceptors (Lipinski definition) is 8. The predicted molar refractivity (Wildman–Crippen MR) is 157 cm³/mol. The molecule has 0 saturated carbocycles. The van der Waals surface area contributed by atoms with Gasteiger partial charge in [0.2, 0.25) is 0 Å². The highest BCUT2D eigenvalue weighted by Crippen LogP contribution is 2.34. The van der Waals surface area contributed by atoms with Crippen molar-refractivity contribution in [3.05, 3.63) is 95.0 Å². The number of rotatable bonds is 8. The minimum atomic E-state index is 0.419. The zero-order chi connectivity index (χ0) is 27.1. The molecule has 0 N–H and O–H groups in total. The van der Waals surface area contributed by atoms with Gasteiger partial charge in [-0.1, -0.05) is 23.2 Å². The smallest absolute Gasteiger partial charge is 0.104 e. The zero-order valence-electron chi connectivity index (χ0n) is 21.4. The van der Waals surface area contributed by atoms with E-state index in [4.69, 9.17) is 23.2 Å². The highest BCUT2D eigenvalue weighted by atomic mass is 35.5. The second kappa shape index (κ2) is 12.4. The fourth-order valence-corrected chi connectivity index (χ4v) is 3.68. The lowest BCUT2D eigenvalue weighted by Gasteiger charge is -2.11. The number of benzene rings is 4. The molecule has 0 amide bonds. The van der Waals surface area contributed by atoms with E-state index in [2.05, 4.69) is 30.7 Å². The van der Waals surface area contributed by atoms with Gasteiger partial charge in [0, 0.05) is 39.6 Å². The Kier molecular flexibility index (Phi) is 8.78. The van der Waals surface area contributed by atoms with Crippen LogP contribution in [0.5, 0.6) is 0 Å². The van der Waals surface area contributed by atoms with Crippen LogP contribution < -0.4 is 9.80 Å². The third kappa shape index (κ3) is 7.21. The van der Waals surface area contributed by atoms with Gasteiger partial charge >= 0.3 is 0 Å². The molecule has 38 heavy (non-hydrogen) atoms. The second-order valence-electron chi connectivity index (χ2n) is 8.69. The Morgan fingerprint density at radius 2 is 0.737 bits per heavy atom. The molecular weight excluding hydrogens is 519 g/mol. The van der Waals surface area contributed by atoms with Crippen molar-refractivity contribution in [2.75, 3.05) is 38.0 Å². The zero-order valence-corrected chi connectivity index (χ0v) is 22.9. The van der Waals surface area contributed by atoms with Crippen LogP contribution in [0.3, 0.4) is 0 Å². The maximum atomic E-state index is 6.39. The van der Waals surface area contributed by atoms with Crippen LogP contribution >= 0.6 is 23.2 Å². The Labute approximate surface area is 232 Å². The van der Waals surface area contributed by atoms with Crippen LogP contribution in [0.2, 0.25) is 10.0 Å². The van der Waals surface area contributed by atoms with Gasteiger partial charge in [-0.2, -0.15) is 20.5 Å². The molecule has 0 aliphatic rings. The van der Waals surface area contributed by atoms with Crippen molar-refractivity contribution in [1.82, 2.24) is 0 Å². The van der Waals surface area contributed by atoms with Gasteiger partial charge < -0.3 is 9.80 Å². The van der Waals surface area contributed by atoms with Crippen molar-refractivity contribution < 1.29 is 0 Å². The van der Waals surface area contributed by atoms with E-state index in [1.54, 1.807) is 36.4 Å². The summed E-state index contributed by atoms with van der Waals surface area (Å²) in [6, 6.07) is 25.9. The van der Waals surface area contributed by atoms with E-state index in [1.165, 1.54) is 0 Å².